The summed E-state index contributed by atoms with van der Waals surface area (Å²) >= 11 is 0. The van der Waals surface area contributed by atoms with Gasteiger partial charge < -0.3 is 19.5 Å². The molecule has 0 spiro atoms. The first-order valence-electron chi connectivity index (χ1n) is 7.99. The van der Waals surface area contributed by atoms with Gasteiger partial charge in [-0.3, -0.25) is 4.79 Å². The van der Waals surface area contributed by atoms with Crippen LogP contribution in [-0.4, -0.2) is 33.6 Å². The van der Waals surface area contributed by atoms with Crippen molar-refractivity contribution in [2.45, 2.75) is 6.54 Å². The highest BCUT2D eigenvalue weighted by molar-refractivity contribution is 6.38. The number of rotatable bonds is 6. The number of carboxylic acid groups (broad SMARTS) is 1. The second-order valence-electron chi connectivity index (χ2n) is 5.85. The van der Waals surface area contributed by atoms with E-state index in [1.807, 2.05) is 0 Å². The highest BCUT2D eigenvalue weighted by Gasteiger charge is 2.18. The SMILES string of the molecule is COc1cccc2c(/C(O)=C/C(=O)C(=O)O)cn(Cc3ccc(F)cc3)c12. The van der Waals surface area contributed by atoms with Crippen LogP contribution in [0.3, 0.4) is 0 Å². The number of para-hydroxylation sites is 1. The van der Waals surface area contributed by atoms with Crippen molar-refractivity contribution in [2.75, 3.05) is 7.11 Å². The fraction of sp³-hybridized carbons (Fsp3) is 0.100. The average molecular weight is 369 g/mol. The van der Waals surface area contributed by atoms with Crippen LogP contribution in [0.25, 0.3) is 16.7 Å². The molecule has 138 valence electrons. The van der Waals surface area contributed by atoms with Crippen molar-refractivity contribution in [3.05, 3.63) is 71.7 Å². The van der Waals surface area contributed by atoms with Crippen molar-refractivity contribution in [3.8, 4) is 5.75 Å². The van der Waals surface area contributed by atoms with Crippen molar-refractivity contribution >= 4 is 28.4 Å². The Bertz CT molecular complexity index is 1050. The van der Waals surface area contributed by atoms with E-state index in [9.17, 15) is 19.1 Å². The molecule has 0 fully saturated rings. The standard InChI is InChI=1S/C20H16FNO5/c1-27-18-4-2-3-14-15(16(23)9-17(24)20(25)26)11-22(19(14)18)10-12-5-7-13(21)8-6-12/h2-9,11,23H,10H2,1H3,(H,25,26)/b16-9-. The number of aromatic nitrogens is 1. The van der Waals surface area contributed by atoms with Crippen LogP contribution >= 0.6 is 0 Å². The summed E-state index contributed by atoms with van der Waals surface area (Å²) in [5.74, 6) is -3.15. The van der Waals surface area contributed by atoms with Crippen LogP contribution in [0.5, 0.6) is 5.75 Å². The highest BCUT2D eigenvalue weighted by atomic mass is 19.1. The number of ketones is 1. The number of carbonyl (C=O) groups excluding carboxylic acids is 1. The zero-order valence-electron chi connectivity index (χ0n) is 14.3. The van der Waals surface area contributed by atoms with E-state index in [0.29, 0.717) is 34.8 Å². The lowest BCUT2D eigenvalue weighted by molar-refractivity contribution is -0.146. The Labute approximate surface area is 153 Å². The molecule has 0 radical (unpaired) electrons. The molecule has 1 heterocycles. The lowest BCUT2D eigenvalue weighted by Crippen LogP contribution is -2.09. The molecular formula is C20H16FNO5. The van der Waals surface area contributed by atoms with Gasteiger partial charge in [-0.2, -0.15) is 0 Å². The first-order valence-corrected chi connectivity index (χ1v) is 7.99. The van der Waals surface area contributed by atoms with E-state index in [-0.39, 0.29) is 5.82 Å². The number of halogens is 1. The first-order chi connectivity index (χ1) is 12.9. The third kappa shape index (κ3) is 3.67. The zero-order valence-corrected chi connectivity index (χ0v) is 14.3. The Hall–Kier alpha value is -3.61. The molecule has 0 amide bonds. The molecule has 2 N–H and O–H groups in total. The lowest BCUT2D eigenvalue weighted by atomic mass is 10.1. The van der Waals surface area contributed by atoms with Crippen molar-refractivity contribution in [3.63, 3.8) is 0 Å². The van der Waals surface area contributed by atoms with Gasteiger partial charge in [0.1, 0.15) is 17.3 Å². The van der Waals surface area contributed by atoms with Crippen LogP contribution < -0.4 is 4.74 Å². The van der Waals surface area contributed by atoms with E-state index in [1.165, 1.54) is 19.2 Å². The summed E-state index contributed by atoms with van der Waals surface area (Å²) in [6.45, 7) is 0.358. The van der Waals surface area contributed by atoms with Gasteiger partial charge in [0.25, 0.3) is 5.78 Å². The molecule has 3 aromatic rings. The van der Waals surface area contributed by atoms with Crippen LogP contribution in [0.2, 0.25) is 0 Å². The number of fused-ring (bicyclic) bond motifs is 1. The second kappa shape index (κ2) is 7.33. The maximum absolute atomic E-state index is 13.1. The Kier molecular flexibility index (Phi) is 4.94. The number of carboxylic acids is 1. The molecule has 1 aromatic heterocycles. The summed E-state index contributed by atoms with van der Waals surface area (Å²) in [6.07, 6.45) is 2.26. The minimum atomic E-state index is -1.66. The highest BCUT2D eigenvalue weighted by Crippen LogP contribution is 2.33. The maximum atomic E-state index is 13.1. The van der Waals surface area contributed by atoms with E-state index >= 15 is 0 Å². The molecule has 0 saturated carbocycles. The third-order valence-corrected chi connectivity index (χ3v) is 4.10. The number of carbonyl (C=O) groups is 2. The molecule has 27 heavy (non-hydrogen) atoms. The van der Waals surface area contributed by atoms with E-state index in [1.54, 1.807) is 41.1 Å². The Morgan fingerprint density at radius 1 is 1.15 bits per heavy atom. The summed E-state index contributed by atoms with van der Waals surface area (Å²) in [5, 5.41) is 19.6. The van der Waals surface area contributed by atoms with Gasteiger partial charge >= 0.3 is 5.97 Å². The summed E-state index contributed by atoms with van der Waals surface area (Å²) in [6, 6.07) is 11.2. The summed E-state index contributed by atoms with van der Waals surface area (Å²) < 4.78 is 20.3. The number of ether oxygens (including phenoxy) is 1. The van der Waals surface area contributed by atoms with Gasteiger partial charge in [-0.25, -0.2) is 9.18 Å². The Balaban J connectivity index is 2.14. The van der Waals surface area contributed by atoms with Crippen LogP contribution in [0.1, 0.15) is 11.1 Å². The summed E-state index contributed by atoms with van der Waals surface area (Å²) in [7, 11) is 1.51. The number of aliphatic carboxylic acids is 1. The van der Waals surface area contributed by atoms with Gasteiger partial charge in [0, 0.05) is 29.8 Å². The molecule has 2 aromatic carbocycles. The first kappa shape index (κ1) is 18.2. The molecule has 6 nitrogen and oxygen atoms in total. The number of hydrogen-bond acceptors (Lipinski definition) is 4. The van der Waals surface area contributed by atoms with Crippen molar-refractivity contribution in [1.82, 2.24) is 4.57 Å². The number of hydrogen-bond donors (Lipinski definition) is 2. The minimum Gasteiger partial charge on any atom is -0.507 e. The molecule has 3 rings (SSSR count). The number of aliphatic hydroxyl groups excluding tert-OH is 1. The van der Waals surface area contributed by atoms with Crippen LogP contribution in [-0.2, 0) is 16.1 Å². The summed E-state index contributed by atoms with van der Waals surface area (Å²) in [4.78, 5) is 22.2. The van der Waals surface area contributed by atoms with E-state index in [4.69, 9.17) is 9.84 Å². The van der Waals surface area contributed by atoms with Gasteiger partial charge in [-0.15, -0.1) is 0 Å². The molecule has 0 aliphatic rings. The number of nitrogens with zero attached hydrogens (tertiary/aromatic N) is 1. The average Bonchev–Trinajstić information content (AvgIpc) is 3.02. The van der Waals surface area contributed by atoms with Crippen molar-refractivity contribution in [1.29, 1.82) is 0 Å². The Morgan fingerprint density at radius 2 is 1.85 bits per heavy atom. The van der Waals surface area contributed by atoms with Gasteiger partial charge in [0.05, 0.1) is 12.6 Å². The van der Waals surface area contributed by atoms with E-state index in [0.717, 1.165) is 5.56 Å². The maximum Gasteiger partial charge on any atom is 0.376 e. The normalized spacial score (nSPS) is 11.6. The molecule has 7 heteroatoms. The predicted molar refractivity (Wildman–Crippen MR) is 97.2 cm³/mol. The minimum absolute atomic E-state index is 0.292. The van der Waals surface area contributed by atoms with Gasteiger partial charge in [0.2, 0.25) is 0 Å². The van der Waals surface area contributed by atoms with E-state index in [2.05, 4.69) is 0 Å². The topological polar surface area (TPSA) is 88.8 Å². The third-order valence-electron chi connectivity index (χ3n) is 4.10. The van der Waals surface area contributed by atoms with Crippen molar-refractivity contribution < 1.29 is 28.9 Å². The smallest absolute Gasteiger partial charge is 0.376 e. The van der Waals surface area contributed by atoms with Crippen LogP contribution in [0.4, 0.5) is 4.39 Å². The zero-order chi connectivity index (χ0) is 19.6. The Morgan fingerprint density at radius 3 is 2.48 bits per heavy atom. The largest absolute Gasteiger partial charge is 0.507 e. The van der Waals surface area contributed by atoms with Gasteiger partial charge in [-0.1, -0.05) is 24.3 Å². The van der Waals surface area contributed by atoms with E-state index < -0.39 is 17.5 Å². The monoisotopic (exact) mass is 369 g/mol. The molecule has 0 saturated heterocycles. The number of aliphatic hydroxyl groups is 1. The van der Waals surface area contributed by atoms with Gasteiger partial charge in [-0.05, 0) is 23.8 Å². The predicted octanol–water partition coefficient (Wildman–Crippen LogP) is 3.39. The van der Waals surface area contributed by atoms with Crippen LogP contribution in [0.15, 0.2) is 54.7 Å². The molecule has 0 aliphatic heterocycles. The fourth-order valence-corrected chi connectivity index (χ4v) is 2.87. The number of methoxy groups -OCH3 is 1. The number of benzene rings is 2. The molecule has 0 aliphatic carbocycles. The molecule has 0 bridgehead atoms. The van der Waals surface area contributed by atoms with Crippen LogP contribution in [0, 0.1) is 5.82 Å². The molecule has 0 unspecified atom stereocenters. The lowest BCUT2D eigenvalue weighted by Gasteiger charge is -2.09. The fourth-order valence-electron chi connectivity index (χ4n) is 2.87. The summed E-state index contributed by atoms with van der Waals surface area (Å²) in [5.41, 5.74) is 1.76. The molecule has 0 atom stereocenters. The molecular weight excluding hydrogens is 353 g/mol. The van der Waals surface area contributed by atoms with Crippen molar-refractivity contribution in [2.24, 2.45) is 0 Å². The van der Waals surface area contributed by atoms with Gasteiger partial charge in [0.15, 0.2) is 0 Å². The second-order valence-corrected chi connectivity index (χ2v) is 5.85. The quantitative estimate of drug-likeness (QED) is 0.395.